The van der Waals surface area contributed by atoms with E-state index >= 15 is 0 Å². The highest BCUT2D eigenvalue weighted by molar-refractivity contribution is 5.94. The van der Waals surface area contributed by atoms with Gasteiger partial charge >= 0.3 is 0 Å². The molecule has 0 fully saturated rings. The number of anilines is 1. The van der Waals surface area contributed by atoms with Crippen molar-refractivity contribution in [1.29, 1.82) is 5.26 Å². The molecule has 0 saturated heterocycles. The van der Waals surface area contributed by atoms with Crippen molar-refractivity contribution in [3.63, 3.8) is 0 Å². The fourth-order valence-corrected chi connectivity index (χ4v) is 2.71. The average molecular weight is 264 g/mol. The molecule has 4 rings (SSSR count). The van der Waals surface area contributed by atoms with Crippen molar-refractivity contribution in [1.82, 2.24) is 9.55 Å². The third kappa shape index (κ3) is 1.45. The molecule has 1 aromatic carbocycles. The first-order valence-electron chi connectivity index (χ1n) is 6.59. The zero-order valence-corrected chi connectivity index (χ0v) is 10.8. The number of aromatic nitrogens is 2. The largest absolute Gasteiger partial charge is 0.464 e. The van der Waals surface area contributed by atoms with Crippen molar-refractivity contribution in [2.24, 2.45) is 0 Å². The molecule has 20 heavy (non-hydrogen) atoms. The maximum atomic E-state index is 9.46. The van der Waals surface area contributed by atoms with E-state index in [4.69, 9.17) is 4.42 Å². The number of para-hydroxylation sites is 1. The van der Waals surface area contributed by atoms with E-state index in [0.717, 1.165) is 42.0 Å². The molecule has 1 aliphatic rings. The van der Waals surface area contributed by atoms with Crippen molar-refractivity contribution in [3.8, 4) is 17.3 Å². The molecular formula is C15H12N4O. The molecular weight excluding hydrogens is 252 g/mol. The van der Waals surface area contributed by atoms with Crippen LogP contribution in [0.5, 0.6) is 0 Å². The summed E-state index contributed by atoms with van der Waals surface area (Å²) in [4.78, 5) is 4.58. The van der Waals surface area contributed by atoms with E-state index < -0.39 is 0 Å². The van der Waals surface area contributed by atoms with Gasteiger partial charge in [-0.3, -0.25) is 0 Å². The van der Waals surface area contributed by atoms with Crippen LogP contribution in [0.15, 0.2) is 34.9 Å². The van der Waals surface area contributed by atoms with Gasteiger partial charge in [0.05, 0.1) is 0 Å². The fraction of sp³-hybridized carbons (Fsp3) is 0.200. The van der Waals surface area contributed by atoms with Gasteiger partial charge in [0.15, 0.2) is 0 Å². The fourth-order valence-electron chi connectivity index (χ4n) is 2.71. The number of nitriles is 1. The lowest BCUT2D eigenvalue weighted by atomic mass is 10.1. The third-order valence-electron chi connectivity index (χ3n) is 3.65. The summed E-state index contributed by atoms with van der Waals surface area (Å²) in [6, 6.07) is 10.1. The molecule has 5 nitrogen and oxygen atoms in total. The quantitative estimate of drug-likeness (QED) is 0.733. The van der Waals surface area contributed by atoms with Crippen LogP contribution in [-0.4, -0.2) is 16.1 Å². The Morgan fingerprint density at radius 3 is 3.15 bits per heavy atom. The second-order valence-corrected chi connectivity index (χ2v) is 4.82. The van der Waals surface area contributed by atoms with Gasteiger partial charge < -0.3 is 14.3 Å². The van der Waals surface area contributed by atoms with E-state index in [2.05, 4.69) is 16.4 Å². The Kier molecular flexibility index (Phi) is 2.30. The average Bonchev–Trinajstić information content (AvgIpc) is 3.07. The molecule has 0 amide bonds. The summed E-state index contributed by atoms with van der Waals surface area (Å²) in [6.45, 7) is 1.72. The summed E-state index contributed by atoms with van der Waals surface area (Å²) < 4.78 is 7.50. The van der Waals surface area contributed by atoms with E-state index in [1.165, 1.54) is 0 Å². The van der Waals surface area contributed by atoms with Gasteiger partial charge in [-0.25, -0.2) is 4.98 Å². The van der Waals surface area contributed by atoms with Crippen LogP contribution >= 0.6 is 0 Å². The van der Waals surface area contributed by atoms with Gasteiger partial charge in [-0.2, -0.15) is 5.26 Å². The van der Waals surface area contributed by atoms with Gasteiger partial charge in [0.1, 0.15) is 29.3 Å². The summed E-state index contributed by atoms with van der Waals surface area (Å²) in [5.74, 6) is 0.771. The lowest BCUT2D eigenvalue weighted by Crippen LogP contribution is -2.18. The topological polar surface area (TPSA) is 66.8 Å². The summed E-state index contributed by atoms with van der Waals surface area (Å²) >= 11 is 0. The zero-order valence-electron chi connectivity index (χ0n) is 10.8. The van der Waals surface area contributed by atoms with E-state index in [1.807, 2.05) is 28.8 Å². The van der Waals surface area contributed by atoms with Crippen LogP contribution in [-0.2, 0) is 6.54 Å². The van der Waals surface area contributed by atoms with Crippen molar-refractivity contribution >= 4 is 16.9 Å². The second-order valence-electron chi connectivity index (χ2n) is 4.82. The Balaban J connectivity index is 1.99. The molecule has 1 aliphatic heterocycles. The van der Waals surface area contributed by atoms with Gasteiger partial charge in [-0.05, 0) is 12.5 Å². The number of nitrogens with one attached hydrogen (secondary N) is 1. The van der Waals surface area contributed by atoms with Crippen LogP contribution in [0.3, 0.4) is 0 Å². The maximum Gasteiger partial charge on any atom is 0.204 e. The highest BCUT2D eigenvalue weighted by Gasteiger charge is 2.22. The van der Waals surface area contributed by atoms with Gasteiger partial charge in [-0.15, -0.1) is 0 Å². The van der Waals surface area contributed by atoms with Crippen molar-refractivity contribution < 1.29 is 4.42 Å². The van der Waals surface area contributed by atoms with E-state index in [9.17, 15) is 5.26 Å². The molecule has 3 aromatic rings. The second kappa shape index (κ2) is 4.14. The first kappa shape index (κ1) is 11.1. The van der Waals surface area contributed by atoms with Gasteiger partial charge in [-0.1, -0.05) is 18.2 Å². The third-order valence-corrected chi connectivity index (χ3v) is 3.65. The molecule has 1 N–H and O–H groups in total. The standard InChI is InChI=1S/C15H12N4O/c16-8-12-14(18-15-17-6-3-7-19(12)15)11-9-20-13-5-2-1-4-10(11)13/h1-2,4-5,9H,3,6-7H2,(H,17,18). The number of hydrogen-bond donors (Lipinski definition) is 1. The lowest BCUT2D eigenvalue weighted by molar-refractivity contribution is 0.616. The number of benzene rings is 1. The molecule has 0 saturated carbocycles. The summed E-state index contributed by atoms with van der Waals surface area (Å²) in [5.41, 5.74) is 2.98. The smallest absolute Gasteiger partial charge is 0.204 e. The molecule has 2 aromatic heterocycles. The maximum absolute atomic E-state index is 9.46. The van der Waals surface area contributed by atoms with Crippen molar-refractivity contribution in [3.05, 3.63) is 36.2 Å². The Bertz CT molecular complexity index is 837. The number of hydrogen-bond acceptors (Lipinski definition) is 4. The molecule has 0 bridgehead atoms. The van der Waals surface area contributed by atoms with Gasteiger partial charge in [0.25, 0.3) is 0 Å². The Morgan fingerprint density at radius 1 is 1.35 bits per heavy atom. The SMILES string of the molecule is N#Cc1c(-c2coc3ccccc23)nc2n1CCCN2. The van der Waals surface area contributed by atoms with Crippen LogP contribution in [0.2, 0.25) is 0 Å². The minimum Gasteiger partial charge on any atom is -0.464 e. The predicted octanol–water partition coefficient (Wildman–Crippen LogP) is 2.98. The monoisotopic (exact) mass is 264 g/mol. The van der Waals surface area contributed by atoms with E-state index in [-0.39, 0.29) is 0 Å². The lowest BCUT2D eigenvalue weighted by Gasteiger charge is -2.15. The zero-order chi connectivity index (χ0) is 13.5. The number of rotatable bonds is 1. The van der Waals surface area contributed by atoms with Gasteiger partial charge in [0, 0.05) is 24.0 Å². The minimum atomic E-state index is 0.596. The van der Waals surface area contributed by atoms with Crippen molar-refractivity contribution in [2.75, 3.05) is 11.9 Å². The first-order chi connectivity index (χ1) is 9.88. The molecule has 98 valence electrons. The minimum absolute atomic E-state index is 0.596. The molecule has 0 unspecified atom stereocenters. The summed E-state index contributed by atoms with van der Waals surface area (Å²) in [6.07, 6.45) is 2.68. The van der Waals surface area contributed by atoms with Crippen LogP contribution in [0.1, 0.15) is 12.1 Å². The first-order valence-corrected chi connectivity index (χ1v) is 6.59. The predicted molar refractivity (Wildman–Crippen MR) is 75.3 cm³/mol. The highest BCUT2D eigenvalue weighted by Crippen LogP contribution is 2.34. The number of furan rings is 1. The number of nitrogens with zero attached hydrogens (tertiary/aromatic N) is 3. The van der Waals surface area contributed by atoms with Gasteiger partial charge in [0.2, 0.25) is 5.95 Å². The van der Waals surface area contributed by atoms with Crippen LogP contribution in [0.25, 0.3) is 22.2 Å². The van der Waals surface area contributed by atoms with Crippen LogP contribution in [0, 0.1) is 11.3 Å². The summed E-state index contributed by atoms with van der Waals surface area (Å²) in [7, 11) is 0. The van der Waals surface area contributed by atoms with Crippen LogP contribution < -0.4 is 5.32 Å². The van der Waals surface area contributed by atoms with E-state index in [0.29, 0.717) is 11.4 Å². The normalized spacial score (nSPS) is 13.8. The van der Waals surface area contributed by atoms with Crippen LogP contribution in [0.4, 0.5) is 5.95 Å². The molecule has 0 atom stereocenters. The highest BCUT2D eigenvalue weighted by atomic mass is 16.3. The summed E-state index contributed by atoms with van der Waals surface area (Å²) in [5, 5.41) is 13.7. The molecule has 3 heterocycles. The van der Waals surface area contributed by atoms with Crippen molar-refractivity contribution in [2.45, 2.75) is 13.0 Å². The molecule has 0 aliphatic carbocycles. The Morgan fingerprint density at radius 2 is 2.25 bits per heavy atom. The van der Waals surface area contributed by atoms with E-state index in [1.54, 1.807) is 6.26 Å². The molecule has 0 spiro atoms. The molecule has 0 radical (unpaired) electrons. The number of imidazole rings is 1. The Hall–Kier alpha value is -2.74. The number of fused-ring (bicyclic) bond motifs is 2. The Labute approximate surface area is 115 Å². The molecule has 5 heteroatoms.